The number of hydrogen-bond acceptors (Lipinski definition) is 4. The van der Waals surface area contributed by atoms with Gasteiger partial charge in [0.25, 0.3) is 0 Å². The minimum absolute atomic E-state index is 0.0200. The summed E-state index contributed by atoms with van der Waals surface area (Å²) in [7, 11) is 2.12. The highest BCUT2D eigenvalue weighted by atomic mass is 32.1. The summed E-state index contributed by atoms with van der Waals surface area (Å²) in [5, 5.41) is 3.23. The SMILES string of the molecule is CCCCCN(C)c1nc(CC(N)c2ccccc2)cs1. The lowest BCUT2D eigenvalue weighted by Crippen LogP contribution is -2.18. The Labute approximate surface area is 131 Å². The van der Waals surface area contributed by atoms with Gasteiger partial charge in [0.05, 0.1) is 5.69 Å². The molecule has 0 spiro atoms. The van der Waals surface area contributed by atoms with Crippen LogP contribution in [0.2, 0.25) is 0 Å². The first-order chi connectivity index (χ1) is 10.2. The van der Waals surface area contributed by atoms with Gasteiger partial charge in [-0.2, -0.15) is 0 Å². The first-order valence-corrected chi connectivity index (χ1v) is 8.54. The second-order valence-corrected chi connectivity index (χ2v) is 6.31. The molecule has 2 N–H and O–H groups in total. The van der Waals surface area contributed by atoms with Gasteiger partial charge in [0.2, 0.25) is 0 Å². The number of nitrogens with zero attached hydrogens (tertiary/aromatic N) is 2. The summed E-state index contributed by atoms with van der Waals surface area (Å²) < 4.78 is 0. The van der Waals surface area contributed by atoms with E-state index in [0.717, 1.165) is 23.8 Å². The first kappa shape index (κ1) is 16.0. The summed E-state index contributed by atoms with van der Waals surface area (Å²) in [4.78, 5) is 6.97. The Morgan fingerprint density at radius 3 is 2.71 bits per heavy atom. The molecule has 1 aromatic heterocycles. The maximum absolute atomic E-state index is 6.26. The summed E-state index contributed by atoms with van der Waals surface area (Å²) >= 11 is 1.71. The molecule has 2 aromatic rings. The van der Waals surface area contributed by atoms with Crippen molar-refractivity contribution in [1.82, 2.24) is 4.98 Å². The fourth-order valence-corrected chi connectivity index (χ4v) is 3.13. The topological polar surface area (TPSA) is 42.2 Å². The molecule has 1 unspecified atom stereocenters. The first-order valence-electron chi connectivity index (χ1n) is 7.66. The number of thiazole rings is 1. The molecule has 0 aliphatic carbocycles. The van der Waals surface area contributed by atoms with Gasteiger partial charge in [-0.25, -0.2) is 4.98 Å². The Kier molecular flexibility index (Phi) is 6.21. The molecule has 0 amide bonds. The van der Waals surface area contributed by atoms with Crippen molar-refractivity contribution in [1.29, 1.82) is 0 Å². The molecule has 1 atom stereocenters. The molecule has 1 heterocycles. The third kappa shape index (κ3) is 4.83. The molecule has 3 nitrogen and oxygen atoms in total. The number of hydrogen-bond donors (Lipinski definition) is 1. The molecule has 4 heteroatoms. The van der Waals surface area contributed by atoms with Gasteiger partial charge >= 0.3 is 0 Å². The Hall–Kier alpha value is -1.39. The van der Waals surface area contributed by atoms with E-state index in [1.165, 1.54) is 24.8 Å². The molecule has 0 aliphatic rings. The molecule has 0 aliphatic heterocycles. The van der Waals surface area contributed by atoms with Crippen molar-refractivity contribution in [3.8, 4) is 0 Å². The highest BCUT2D eigenvalue weighted by molar-refractivity contribution is 7.13. The molecular weight excluding hydrogens is 278 g/mol. The van der Waals surface area contributed by atoms with Crippen LogP contribution in [-0.4, -0.2) is 18.6 Å². The molecular formula is C17H25N3S. The normalized spacial score (nSPS) is 12.3. The second kappa shape index (κ2) is 8.15. The van der Waals surface area contributed by atoms with Crippen LogP contribution in [-0.2, 0) is 6.42 Å². The van der Waals surface area contributed by atoms with Gasteiger partial charge in [-0.15, -0.1) is 11.3 Å². The van der Waals surface area contributed by atoms with Gasteiger partial charge in [0.15, 0.2) is 5.13 Å². The van der Waals surface area contributed by atoms with E-state index in [9.17, 15) is 0 Å². The zero-order chi connectivity index (χ0) is 15.1. The number of aromatic nitrogens is 1. The second-order valence-electron chi connectivity index (χ2n) is 5.47. The Morgan fingerprint density at radius 1 is 1.24 bits per heavy atom. The highest BCUT2D eigenvalue weighted by Gasteiger charge is 2.11. The Morgan fingerprint density at radius 2 is 2.00 bits per heavy atom. The number of anilines is 1. The van der Waals surface area contributed by atoms with E-state index >= 15 is 0 Å². The lowest BCUT2D eigenvalue weighted by Gasteiger charge is -2.15. The zero-order valence-electron chi connectivity index (χ0n) is 13.0. The molecule has 2 rings (SSSR count). The van der Waals surface area contributed by atoms with Crippen molar-refractivity contribution in [3.05, 3.63) is 47.0 Å². The Bertz CT molecular complexity index is 524. The van der Waals surface area contributed by atoms with Crippen LogP contribution in [0.15, 0.2) is 35.7 Å². The highest BCUT2D eigenvalue weighted by Crippen LogP contribution is 2.23. The lowest BCUT2D eigenvalue weighted by molar-refractivity contribution is 0.696. The minimum Gasteiger partial charge on any atom is -0.351 e. The summed E-state index contributed by atoms with van der Waals surface area (Å²) in [5.41, 5.74) is 8.52. The van der Waals surface area contributed by atoms with E-state index in [-0.39, 0.29) is 6.04 Å². The fourth-order valence-electron chi connectivity index (χ4n) is 2.30. The van der Waals surface area contributed by atoms with Crippen LogP contribution >= 0.6 is 11.3 Å². The summed E-state index contributed by atoms with van der Waals surface area (Å²) in [5.74, 6) is 0. The standard InChI is InChI=1S/C17H25N3S/c1-3-4-8-11-20(2)17-19-15(13-21-17)12-16(18)14-9-6-5-7-10-14/h5-7,9-10,13,16H,3-4,8,11-12,18H2,1-2H3. The van der Waals surface area contributed by atoms with Crippen molar-refractivity contribution in [3.63, 3.8) is 0 Å². The van der Waals surface area contributed by atoms with Crippen LogP contribution in [0.4, 0.5) is 5.13 Å². The molecule has 114 valence electrons. The van der Waals surface area contributed by atoms with Crippen LogP contribution in [0, 0.1) is 0 Å². The van der Waals surface area contributed by atoms with E-state index in [1.807, 2.05) is 18.2 Å². The lowest BCUT2D eigenvalue weighted by atomic mass is 10.0. The van der Waals surface area contributed by atoms with Gasteiger partial charge in [0, 0.05) is 31.4 Å². The molecule has 0 saturated heterocycles. The van der Waals surface area contributed by atoms with Crippen LogP contribution in [0.3, 0.4) is 0 Å². The van der Waals surface area contributed by atoms with Crippen LogP contribution in [0.25, 0.3) is 0 Å². The monoisotopic (exact) mass is 303 g/mol. The van der Waals surface area contributed by atoms with Crippen molar-refractivity contribution in [2.45, 2.75) is 38.6 Å². The predicted octanol–water partition coefficient (Wildman–Crippen LogP) is 4.01. The third-order valence-corrected chi connectivity index (χ3v) is 4.62. The van der Waals surface area contributed by atoms with Crippen LogP contribution in [0.1, 0.15) is 43.5 Å². The average molecular weight is 303 g/mol. The van der Waals surface area contributed by atoms with Crippen molar-refractivity contribution >= 4 is 16.5 Å². The number of rotatable bonds is 8. The number of nitrogens with two attached hydrogens (primary N) is 1. The minimum atomic E-state index is 0.0200. The summed E-state index contributed by atoms with van der Waals surface area (Å²) in [6.45, 7) is 3.30. The number of benzene rings is 1. The van der Waals surface area contributed by atoms with E-state index in [4.69, 9.17) is 10.7 Å². The van der Waals surface area contributed by atoms with E-state index in [1.54, 1.807) is 11.3 Å². The van der Waals surface area contributed by atoms with E-state index in [0.29, 0.717) is 0 Å². The maximum Gasteiger partial charge on any atom is 0.185 e. The summed E-state index contributed by atoms with van der Waals surface area (Å²) in [6.07, 6.45) is 4.55. The van der Waals surface area contributed by atoms with Gasteiger partial charge in [0.1, 0.15) is 0 Å². The molecule has 21 heavy (non-hydrogen) atoms. The van der Waals surface area contributed by atoms with Gasteiger partial charge in [-0.05, 0) is 12.0 Å². The van der Waals surface area contributed by atoms with Crippen molar-refractivity contribution in [2.24, 2.45) is 5.73 Å². The van der Waals surface area contributed by atoms with Crippen molar-refractivity contribution in [2.75, 3.05) is 18.5 Å². The molecule has 0 radical (unpaired) electrons. The van der Waals surface area contributed by atoms with Crippen LogP contribution in [0.5, 0.6) is 0 Å². The van der Waals surface area contributed by atoms with Gasteiger partial charge in [-0.1, -0.05) is 50.1 Å². The average Bonchev–Trinajstić information content (AvgIpc) is 2.97. The predicted molar refractivity (Wildman–Crippen MR) is 92.0 cm³/mol. The van der Waals surface area contributed by atoms with E-state index in [2.05, 4.69) is 36.4 Å². The molecule has 0 saturated carbocycles. The van der Waals surface area contributed by atoms with Gasteiger partial charge < -0.3 is 10.6 Å². The maximum atomic E-state index is 6.26. The fraction of sp³-hybridized carbons (Fsp3) is 0.471. The third-order valence-electron chi connectivity index (χ3n) is 3.62. The zero-order valence-corrected chi connectivity index (χ0v) is 13.8. The smallest absolute Gasteiger partial charge is 0.185 e. The van der Waals surface area contributed by atoms with Gasteiger partial charge in [-0.3, -0.25) is 0 Å². The van der Waals surface area contributed by atoms with Crippen LogP contribution < -0.4 is 10.6 Å². The summed E-state index contributed by atoms with van der Waals surface area (Å²) in [6, 6.07) is 10.3. The largest absolute Gasteiger partial charge is 0.351 e. The molecule has 0 bridgehead atoms. The van der Waals surface area contributed by atoms with Crippen molar-refractivity contribution < 1.29 is 0 Å². The number of unbranched alkanes of at least 4 members (excludes halogenated alkanes) is 2. The quantitative estimate of drug-likeness (QED) is 0.749. The van der Waals surface area contributed by atoms with E-state index < -0.39 is 0 Å². The Balaban J connectivity index is 1.90. The molecule has 1 aromatic carbocycles. The molecule has 0 fully saturated rings.